The molecule has 1 heterocycles. The van der Waals surface area contributed by atoms with Gasteiger partial charge in [-0.3, -0.25) is 15.9 Å². The Morgan fingerprint density at radius 2 is 2.13 bits per heavy atom. The molecule has 2 rings (SSSR count). The van der Waals surface area contributed by atoms with Crippen LogP contribution in [0, 0.1) is 0 Å². The van der Waals surface area contributed by atoms with Gasteiger partial charge in [0.2, 0.25) is 0 Å². The van der Waals surface area contributed by atoms with Crippen molar-refractivity contribution in [1.29, 1.82) is 0 Å². The topological polar surface area (TPSA) is 95.3 Å². The molecule has 1 aromatic heterocycles. The molecule has 1 aromatic carbocycles. The standard InChI is InChI=1S/C8H10N2O3S.Na/c9-14(11,12)5-7-6-3-1-2-4-8(6)13-10-7;/h1-4,11-12H,5,9H2;/q;+1/p-1. The Balaban J connectivity index is 0.00000112. The molecule has 2 aromatic rings. The van der Waals surface area contributed by atoms with Crippen LogP contribution in [0.5, 0.6) is 0 Å². The second-order valence-electron chi connectivity index (χ2n) is 2.96. The van der Waals surface area contributed by atoms with Gasteiger partial charge < -0.3 is 13.6 Å². The fourth-order valence-electron chi connectivity index (χ4n) is 1.24. The van der Waals surface area contributed by atoms with Gasteiger partial charge in [0.25, 0.3) is 0 Å². The van der Waals surface area contributed by atoms with Crippen molar-refractivity contribution in [3.63, 3.8) is 0 Å². The molecule has 0 saturated carbocycles. The molecule has 0 aliphatic heterocycles. The van der Waals surface area contributed by atoms with E-state index in [1.165, 1.54) is 0 Å². The maximum absolute atomic E-state index is 10.9. The van der Waals surface area contributed by atoms with E-state index in [4.69, 9.17) is 14.2 Å². The number of benzene rings is 1. The Morgan fingerprint density at radius 1 is 1.47 bits per heavy atom. The second kappa shape index (κ2) is 4.84. The van der Waals surface area contributed by atoms with Crippen LogP contribution in [0.1, 0.15) is 5.69 Å². The van der Waals surface area contributed by atoms with Crippen molar-refractivity contribution in [3.05, 3.63) is 30.0 Å². The number of hydrogen-bond acceptors (Lipinski definition) is 5. The fourth-order valence-corrected chi connectivity index (χ4v) is 1.84. The largest absolute Gasteiger partial charge is 1.00 e. The SMILES string of the molecule is NS([O-])(O)Cc1noc2ccccc12.[Na+]. The molecule has 0 aliphatic rings. The fraction of sp³-hybridized carbons (Fsp3) is 0.125. The molecule has 0 fully saturated rings. The summed E-state index contributed by atoms with van der Waals surface area (Å²) < 4.78 is 24.9. The van der Waals surface area contributed by atoms with E-state index in [-0.39, 0.29) is 35.3 Å². The number of hydrogen-bond donors (Lipinski definition) is 2. The van der Waals surface area contributed by atoms with E-state index in [1.54, 1.807) is 24.3 Å². The third kappa shape index (κ3) is 3.18. The predicted octanol–water partition coefficient (Wildman–Crippen LogP) is -1.39. The summed E-state index contributed by atoms with van der Waals surface area (Å²) in [4.78, 5) is 0. The van der Waals surface area contributed by atoms with E-state index in [0.29, 0.717) is 11.3 Å². The van der Waals surface area contributed by atoms with Gasteiger partial charge in [0.1, 0.15) is 5.69 Å². The summed E-state index contributed by atoms with van der Waals surface area (Å²) in [5, 5.41) is 9.43. The summed E-state index contributed by atoms with van der Waals surface area (Å²) in [7, 11) is -3.31. The van der Waals surface area contributed by atoms with Crippen molar-refractivity contribution >= 4 is 21.7 Å². The average Bonchev–Trinajstić information content (AvgIpc) is 2.47. The smallest absolute Gasteiger partial charge is 0.755 e. The number of nitrogens with zero attached hydrogens (tertiary/aromatic N) is 1. The van der Waals surface area contributed by atoms with E-state index >= 15 is 0 Å². The minimum absolute atomic E-state index is 0. The third-order valence-corrected chi connectivity index (χ3v) is 2.48. The van der Waals surface area contributed by atoms with Crippen molar-refractivity contribution in [3.8, 4) is 0 Å². The number of rotatable bonds is 2. The van der Waals surface area contributed by atoms with Crippen LogP contribution in [-0.4, -0.2) is 14.3 Å². The maximum atomic E-state index is 10.9. The van der Waals surface area contributed by atoms with E-state index in [0.717, 1.165) is 5.39 Å². The molecule has 0 bridgehead atoms. The van der Waals surface area contributed by atoms with Gasteiger partial charge in [-0.2, -0.15) is 0 Å². The molecule has 0 radical (unpaired) electrons. The van der Waals surface area contributed by atoms with Crippen LogP contribution < -0.4 is 34.7 Å². The van der Waals surface area contributed by atoms with Crippen molar-refractivity contribution in [2.75, 3.05) is 0 Å². The molecule has 0 spiro atoms. The molecular formula is C8H9N2NaO3S. The molecule has 0 aliphatic carbocycles. The van der Waals surface area contributed by atoms with Gasteiger partial charge in [-0.15, -0.1) is 0 Å². The van der Waals surface area contributed by atoms with Crippen LogP contribution in [0.15, 0.2) is 28.8 Å². The first-order valence-electron chi connectivity index (χ1n) is 3.91. The van der Waals surface area contributed by atoms with Gasteiger partial charge in [0.05, 0.1) is 5.75 Å². The number of fused-ring (bicyclic) bond motifs is 1. The van der Waals surface area contributed by atoms with E-state index in [9.17, 15) is 4.55 Å². The van der Waals surface area contributed by atoms with Gasteiger partial charge in [0.15, 0.2) is 5.58 Å². The summed E-state index contributed by atoms with van der Waals surface area (Å²) >= 11 is 0. The minimum Gasteiger partial charge on any atom is -0.755 e. The van der Waals surface area contributed by atoms with Crippen LogP contribution in [-0.2, 0) is 5.75 Å². The van der Waals surface area contributed by atoms with Crippen molar-refractivity contribution in [1.82, 2.24) is 5.16 Å². The first-order chi connectivity index (χ1) is 6.56. The Morgan fingerprint density at radius 3 is 2.80 bits per heavy atom. The second-order valence-corrected chi connectivity index (χ2v) is 4.63. The predicted molar refractivity (Wildman–Crippen MR) is 52.9 cm³/mol. The van der Waals surface area contributed by atoms with E-state index in [1.807, 2.05) is 0 Å². The Kier molecular flexibility index (Phi) is 4.19. The Bertz CT molecular complexity index is 454. The first-order valence-corrected chi connectivity index (χ1v) is 5.66. The molecule has 1 unspecified atom stereocenters. The first kappa shape index (κ1) is 13.0. The zero-order valence-electron chi connectivity index (χ0n) is 8.21. The summed E-state index contributed by atoms with van der Waals surface area (Å²) in [6.45, 7) is 0. The summed E-state index contributed by atoms with van der Waals surface area (Å²) in [5.41, 5.74) is 1.00. The number of aromatic nitrogens is 1. The van der Waals surface area contributed by atoms with E-state index < -0.39 is 10.8 Å². The molecule has 0 saturated heterocycles. The minimum atomic E-state index is -3.31. The summed E-state index contributed by atoms with van der Waals surface area (Å²) in [5.74, 6) is -0.190. The average molecular weight is 236 g/mol. The maximum Gasteiger partial charge on any atom is 1.00 e. The summed E-state index contributed by atoms with van der Waals surface area (Å²) in [6.07, 6.45) is 0. The van der Waals surface area contributed by atoms with Crippen LogP contribution in [0.4, 0.5) is 0 Å². The van der Waals surface area contributed by atoms with E-state index in [2.05, 4.69) is 5.16 Å². The molecule has 5 nitrogen and oxygen atoms in total. The Hall–Kier alpha value is -0.0800. The molecule has 76 valence electrons. The number of para-hydroxylation sites is 1. The zero-order valence-corrected chi connectivity index (χ0v) is 11.0. The van der Waals surface area contributed by atoms with Crippen molar-refractivity contribution < 1.29 is 43.2 Å². The summed E-state index contributed by atoms with van der Waals surface area (Å²) in [6, 6.07) is 7.11. The van der Waals surface area contributed by atoms with Crippen molar-refractivity contribution in [2.45, 2.75) is 5.75 Å². The molecule has 0 amide bonds. The quantitative estimate of drug-likeness (QED) is 0.626. The molecule has 15 heavy (non-hydrogen) atoms. The van der Waals surface area contributed by atoms with Crippen LogP contribution >= 0.6 is 10.8 Å². The van der Waals surface area contributed by atoms with Gasteiger partial charge >= 0.3 is 29.6 Å². The Labute approximate surface area is 110 Å². The number of nitrogens with two attached hydrogens (primary N) is 1. The molecule has 7 heteroatoms. The van der Waals surface area contributed by atoms with Crippen LogP contribution in [0.25, 0.3) is 11.0 Å². The van der Waals surface area contributed by atoms with Gasteiger partial charge in [0, 0.05) is 5.39 Å². The van der Waals surface area contributed by atoms with Crippen LogP contribution in [0.3, 0.4) is 0 Å². The van der Waals surface area contributed by atoms with Gasteiger partial charge in [-0.1, -0.05) is 17.3 Å². The third-order valence-electron chi connectivity index (χ3n) is 1.80. The molecular weight excluding hydrogens is 227 g/mol. The molecule has 1 atom stereocenters. The normalized spacial score (nSPS) is 16.7. The van der Waals surface area contributed by atoms with Crippen molar-refractivity contribution in [2.24, 2.45) is 5.14 Å². The van der Waals surface area contributed by atoms with Gasteiger partial charge in [-0.05, 0) is 12.1 Å². The monoisotopic (exact) mass is 236 g/mol. The van der Waals surface area contributed by atoms with Crippen LogP contribution in [0.2, 0.25) is 0 Å². The zero-order chi connectivity index (χ0) is 10.2. The molecule has 3 N–H and O–H groups in total. The van der Waals surface area contributed by atoms with Gasteiger partial charge in [-0.25, -0.2) is 0 Å².